The van der Waals surface area contributed by atoms with Gasteiger partial charge in [0.15, 0.2) is 0 Å². The van der Waals surface area contributed by atoms with E-state index in [0.717, 1.165) is 31.2 Å². The van der Waals surface area contributed by atoms with Crippen molar-refractivity contribution in [2.75, 3.05) is 15.4 Å². The maximum atomic E-state index is 13.3. The lowest BCUT2D eigenvalue weighted by Crippen LogP contribution is -2.18. The zero-order valence-corrected chi connectivity index (χ0v) is 15.5. The Hall–Kier alpha value is -3.08. The van der Waals surface area contributed by atoms with Crippen LogP contribution >= 0.6 is 0 Å². The molecule has 0 aliphatic carbocycles. The summed E-state index contributed by atoms with van der Waals surface area (Å²) in [5, 5.41) is 4.66. The smallest absolute Gasteiger partial charge is 0.326 e. The van der Waals surface area contributed by atoms with Gasteiger partial charge >= 0.3 is 6.18 Å². The highest BCUT2D eigenvalue weighted by Gasteiger charge is 2.35. The second-order valence-corrected chi connectivity index (χ2v) is 7.43. The Bertz CT molecular complexity index is 1000. The van der Waals surface area contributed by atoms with E-state index in [-0.39, 0.29) is 16.5 Å². The van der Waals surface area contributed by atoms with Crippen LogP contribution in [0.1, 0.15) is 19.4 Å². The molecule has 0 spiro atoms. The minimum atomic E-state index is -4.86. The number of carbonyl (C=O) groups is 2. The second kappa shape index (κ2) is 7.89. The Morgan fingerprint density at radius 2 is 1.36 bits per heavy atom. The van der Waals surface area contributed by atoms with Crippen LogP contribution in [0.2, 0.25) is 0 Å². The number of hydrogen-bond donors (Lipinski definition) is 3. The number of sulfonamides is 1. The summed E-state index contributed by atoms with van der Waals surface area (Å²) in [6, 6.07) is 7.60. The van der Waals surface area contributed by atoms with Gasteiger partial charge in [0, 0.05) is 25.2 Å². The van der Waals surface area contributed by atoms with Crippen molar-refractivity contribution in [2.24, 2.45) is 0 Å². The number of carbonyl (C=O) groups excluding carboxylic acids is 2. The first kappa shape index (κ1) is 21.2. The third kappa shape index (κ3) is 5.46. The fourth-order valence-corrected chi connectivity index (χ4v) is 3.35. The van der Waals surface area contributed by atoms with E-state index in [0.29, 0.717) is 11.8 Å². The van der Waals surface area contributed by atoms with Crippen LogP contribution < -0.4 is 15.4 Å². The first-order valence-electron chi connectivity index (χ1n) is 7.78. The van der Waals surface area contributed by atoms with Gasteiger partial charge in [-0.2, -0.15) is 13.2 Å². The van der Waals surface area contributed by atoms with Crippen LogP contribution in [0.15, 0.2) is 47.4 Å². The molecule has 150 valence electrons. The van der Waals surface area contributed by atoms with Gasteiger partial charge in [0.05, 0.1) is 16.1 Å². The van der Waals surface area contributed by atoms with Crippen molar-refractivity contribution in [1.29, 1.82) is 0 Å². The molecule has 2 rings (SSSR count). The van der Waals surface area contributed by atoms with Crippen molar-refractivity contribution in [3.05, 3.63) is 48.0 Å². The normalized spacial score (nSPS) is 11.6. The minimum Gasteiger partial charge on any atom is -0.326 e. The molecular weight excluding hydrogens is 399 g/mol. The first-order chi connectivity index (χ1) is 12.9. The molecule has 0 fully saturated rings. The summed E-state index contributed by atoms with van der Waals surface area (Å²) in [6.45, 7) is 2.41. The molecule has 0 saturated carbocycles. The highest BCUT2D eigenvalue weighted by Crippen LogP contribution is 2.37. The Morgan fingerprint density at radius 1 is 0.857 bits per heavy atom. The van der Waals surface area contributed by atoms with E-state index < -0.39 is 33.4 Å². The van der Waals surface area contributed by atoms with Gasteiger partial charge in [0.25, 0.3) is 10.0 Å². The quantitative estimate of drug-likeness (QED) is 0.696. The highest BCUT2D eigenvalue weighted by molar-refractivity contribution is 7.92. The third-order valence-electron chi connectivity index (χ3n) is 3.37. The van der Waals surface area contributed by atoms with E-state index in [1.807, 2.05) is 4.72 Å². The molecule has 28 heavy (non-hydrogen) atoms. The van der Waals surface area contributed by atoms with E-state index in [9.17, 15) is 31.2 Å². The summed E-state index contributed by atoms with van der Waals surface area (Å²) in [4.78, 5) is 21.7. The van der Waals surface area contributed by atoms with Gasteiger partial charge in [0.2, 0.25) is 11.8 Å². The zero-order valence-electron chi connectivity index (χ0n) is 14.7. The van der Waals surface area contributed by atoms with E-state index in [2.05, 4.69) is 10.6 Å². The van der Waals surface area contributed by atoms with E-state index >= 15 is 0 Å². The lowest BCUT2D eigenvalue weighted by Gasteiger charge is -2.16. The van der Waals surface area contributed by atoms with Gasteiger partial charge < -0.3 is 10.6 Å². The summed E-state index contributed by atoms with van der Waals surface area (Å²) >= 11 is 0. The maximum Gasteiger partial charge on any atom is 0.418 e. The van der Waals surface area contributed by atoms with Crippen LogP contribution in [0.3, 0.4) is 0 Å². The number of rotatable bonds is 5. The van der Waals surface area contributed by atoms with Crippen molar-refractivity contribution < 1.29 is 31.2 Å². The van der Waals surface area contributed by atoms with Crippen molar-refractivity contribution in [3.63, 3.8) is 0 Å². The van der Waals surface area contributed by atoms with Gasteiger partial charge in [-0.3, -0.25) is 14.3 Å². The summed E-state index contributed by atoms with van der Waals surface area (Å²) in [7, 11) is -4.33. The van der Waals surface area contributed by atoms with Crippen LogP contribution in [0.5, 0.6) is 0 Å². The molecule has 0 heterocycles. The summed E-state index contributed by atoms with van der Waals surface area (Å²) in [5.74, 6) is -0.927. The van der Waals surface area contributed by atoms with Gasteiger partial charge in [-0.05, 0) is 42.5 Å². The van der Waals surface area contributed by atoms with Crippen LogP contribution in [0.4, 0.5) is 30.2 Å². The molecule has 2 aromatic rings. The Kier molecular flexibility index (Phi) is 5.98. The molecule has 2 amide bonds. The summed E-state index contributed by atoms with van der Waals surface area (Å²) < 4.78 is 66.8. The maximum absolute atomic E-state index is 13.3. The predicted octanol–water partition coefficient (Wildman–Crippen LogP) is 3.42. The lowest BCUT2D eigenvalue weighted by molar-refractivity contribution is -0.137. The first-order valence-corrected chi connectivity index (χ1v) is 9.26. The number of amides is 2. The standard InChI is InChI=1S/C17H16F3N3O4S/c1-10(24)21-12-3-6-14(7-4-12)28(26,27)23-16-8-5-13(22-11(2)25)9-15(16)17(18,19)20/h3-9,23H,1-2H3,(H,21,24)(H,22,25). The van der Waals surface area contributed by atoms with Crippen molar-refractivity contribution in [3.8, 4) is 0 Å². The molecule has 0 radical (unpaired) electrons. The lowest BCUT2D eigenvalue weighted by atomic mass is 10.1. The second-order valence-electron chi connectivity index (χ2n) is 5.75. The SMILES string of the molecule is CC(=O)Nc1ccc(S(=O)(=O)Nc2ccc(NC(C)=O)cc2C(F)(F)F)cc1. The zero-order chi connectivity index (χ0) is 21.1. The molecule has 0 saturated heterocycles. The molecule has 0 atom stereocenters. The molecule has 7 nitrogen and oxygen atoms in total. The Balaban J connectivity index is 2.37. The Morgan fingerprint density at radius 3 is 1.86 bits per heavy atom. The average Bonchev–Trinajstić information content (AvgIpc) is 2.54. The molecule has 0 aromatic heterocycles. The van der Waals surface area contributed by atoms with Crippen LogP contribution in [-0.2, 0) is 25.8 Å². The predicted molar refractivity (Wildman–Crippen MR) is 97.3 cm³/mol. The van der Waals surface area contributed by atoms with Crippen LogP contribution in [-0.4, -0.2) is 20.2 Å². The molecule has 0 aliphatic rings. The fourth-order valence-electron chi connectivity index (χ4n) is 2.27. The van der Waals surface area contributed by atoms with Gasteiger partial charge in [-0.1, -0.05) is 0 Å². The van der Waals surface area contributed by atoms with Crippen LogP contribution in [0.25, 0.3) is 0 Å². The number of benzene rings is 2. The Labute approximate surface area is 159 Å². The molecule has 11 heteroatoms. The van der Waals surface area contributed by atoms with Crippen molar-refractivity contribution in [2.45, 2.75) is 24.9 Å². The number of alkyl halides is 3. The minimum absolute atomic E-state index is 0.123. The molecular formula is C17H16F3N3O4S. The van der Waals surface area contributed by atoms with Crippen molar-refractivity contribution >= 4 is 38.9 Å². The van der Waals surface area contributed by atoms with E-state index in [4.69, 9.17) is 0 Å². The molecule has 0 unspecified atom stereocenters. The van der Waals surface area contributed by atoms with Crippen LogP contribution in [0, 0.1) is 0 Å². The third-order valence-corrected chi connectivity index (χ3v) is 4.76. The molecule has 3 N–H and O–H groups in total. The fraction of sp³-hybridized carbons (Fsp3) is 0.176. The largest absolute Gasteiger partial charge is 0.418 e. The summed E-state index contributed by atoms with van der Waals surface area (Å²) in [5.41, 5.74) is -1.73. The number of nitrogens with one attached hydrogen (secondary N) is 3. The van der Waals surface area contributed by atoms with Crippen molar-refractivity contribution in [1.82, 2.24) is 0 Å². The molecule has 0 bridgehead atoms. The van der Waals surface area contributed by atoms with Gasteiger partial charge in [0.1, 0.15) is 0 Å². The monoisotopic (exact) mass is 415 g/mol. The number of anilines is 3. The number of hydrogen-bond acceptors (Lipinski definition) is 4. The highest BCUT2D eigenvalue weighted by atomic mass is 32.2. The topological polar surface area (TPSA) is 104 Å². The van der Waals surface area contributed by atoms with E-state index in [1.54, 1.807) is 0 Å². The summed E-state index contributed by atoms with van der Waals surface area (Å²) in [6.07, 6.45) is -4.86. The molecule has 0 aliphatic heterocycles. The van der Waals surface area contributed by atoms with Gasteiger partial charge in [-0.25, -0.2) is 8.42 Å². The average molecular weight is 415 g/mol. The van der Waals surface area contributed by atoms with Gasteiger partial charge in [-0.15, -0.1) is 0 Å². The number of halogens is 3. The van der Waals surface area contributed by atoms with E-state index in [1.165, 1.54) is 19.1 Å². The molecule has 2 aromatic carbocycles.